The Balaban J connectivity index is 1.54. The Morgan fingerprint density at radius 2 is 1.78 bits per heavy atom. The van der Waals surface area contributed by atoms with E-state index in [1.54, 1.807) is 0 Å². The third-order valence-corrected chi connectivity index (χ3v) is 5.47. The standard InChI is InChI=1S/C18H20N6OS2/c1-12-9-13(2)20-17(19-12)26-10-15-22-23-18(24(15)3)27-11-16(25)21-14-7-5-4-6-8-14/h4-9H,10-11H2,1-3H3,(H,21,25). The number of anilines is 1. The van der Waals surface area contributed by atoms with Crippen molar-refractivity contribution in [2.24, 2.45) is 7.05 Å². The maximum atomic E-state index is 12.1. The fourth-order valence-electron chi connectivity index (χ4n) is 2.33. The number of thioether (sulfide) groups is 2. The lowest BCUT2D eigenvalue weighted by Gasteiger charge is -2.05. The number of para-hydroxylation sites is 1. The summed E-state index contributed by atoms with van der Waals surface area (Å²) < 4.78 is 1.90. The van der Waals surface area contributed by atoms with Gasteiger partial charge in [-0.1, -0.05) is 41.7 Å². The van der Waals surface area contributed by atoms with E-state index in [4.69, 9.17) is 0 Å². The van der Waals surface area contributed by atoms with E-state index in [1.165, 1.54) is 23.5 Å². The fraction of sp³-hybridized carbons (Fsp3) is 0.278. The van der Waals surface area contributed by atoms with Crippen LogP contribution in [-0.4, -0.2) is 36.4 Å². The topological polar surface area (TPSA) is 85.6 Å². The molecule has 0 bridgehead atoms. The molecule has 0 radical (unpaired) electrons. The average Bonchev–Trinajstić information content (AvgIpc) is 2.98. The molecule has 0 fully saturated rings. The van der Waals surface area contributed by atoms with Crippen molar-refractivity contribution in [2.45, 2.75) is 29.9 Å². The van der Waals surface area contributed by atoms with E-state index in [9.17, 15) is 4.79 Å². The fourth-order valence-corrected chi connectivity index (χ4v) is 3.99. The molecule has 1 amide bonds. The number of hydrogen-bond donors (Lipinski definition) is 1. The minimum absolute atomic E-state index is 0.0752. The Kier molecular flexibility index (Phi) is 6.46. The summed E-state index contributed by atoms with van der Waals surface area (Å²) in [5.41, 5.74) is 2.68. The summed E-state index contributed by atoms with van der Waals surface area (Å²) in [6.07, 6.45) is 0. The lowest BCUT2D eigenvalue weighted by atomic mass is 10.3. The van der Waals surface area contributed by atoms with Crippen molar-refractivity contribution in [3.63, 3.8) is 0 Å². The minimum atomic E-state index is -0.0752. The van der Waals surface area contributed by atoms with Gasteiger partial charge in [0.25, 0.3) is 0 Å². The molecule has 140 valence electrons. The Morgan fingerprint density at radius 1 is 1.07 bits per heavy atom. The molecule has 1 aromatic carbocycles. The van der Waals surface area contributed by atoms with Crippen LogP contribution in [0.4, 0.5) is 5.69 Å². The molecule has 7 nitrogen and oxygen atoms in total. The molecule has 3 aromatic rings. The number of rotatable bonds is 7. The van der Waals surface area contributed by atoms with E-state index < -0.39 is 0 Å². The molecule has 0 spiro atoms. The van der Waals surface area contributed by atoms with Gasteiger partial charge in [0.1, 0.15) is 5.82 Å². The number of nitrogens with one attached hydrogen (secondary N) is 1. The Hall–Kier alpha value is -2.39. The van der Waals surface area contributed by atoms with Gasteiger partial charge >= 0.3 is 0 Å². The maximum absolute atomic E-state index is 12.1. The first-order chi connectivity index (χ1) is 13.0. The first kappa shape index (κ1) is 19.4. The summed E-state index contributed by atoms with van der Waals surface area (Å²) >= 11 is 2.88. The minimum Gasteiger partial charge on any atom is -0.325 e. The van der Waals surface area contributed by atoms with Crippen LogP contribution >= 0.6 is 23.5 Å². The quantitative estimate of drug-likeness (QED) is 0.481. The van der Waals surface area contributed by atoms with E-state index >= 15 is 0 Å². The van der Waals surface area contributed by atoms with Crippen LogP contribution < -0.4 is 5.32 Å². The number of aromatic nitrogens is 5. The number of carbonyl (C=O) groups excluding carboxylic acids is 1. The predicted octanol–water partition coefficient (Wildman–Crippen LogP) is 3.25. The third kappa shape index (κ3) is 5.54. The van der Waals surface area contributed by atoms with Crippen LogP contribution in [0.1, 0.15) is 17.2 Å². The summed E-state index contributed by atoms with van der Waals surface area (Å²) in [5.74, 6) is 1.62. The van der Waals surface area contributed by atoms with E-state index in [0.717, 1.165) is 28.1 Å². The van der Waals surface area contributed by atoms with Crippen LogP contribution in [-0.2, 0) is 17.6 Å². The number of amides is 1. The molecule has 0 saturated heterocycles. The molecule has 27 heavy (non-hydrogen) atoms. The van der Waals surface area contributed by atoms with Gasteiger partial charge in [-0.25, -0.2) is 9.97 Å². The first-order valence-electron chi connectivity index (χ1n) is 8.32. The Morgan fingerprint density at radius 3 is 2.48 bits per heavy atom. The van der Waals surface area contributed by atoms with Crippen LogP contribution in [0.15, 0.2) is 46.7 Å². The number of aryl methyl sites for hydroxylation is 2. The van der Waals surface area contributed by atoms with Gasteiger partial charge in [0.05, 0.1) is 11.5 Å². The van der Waals surface area contributed by atoms with Crippen molar-refractivity contribution in [2.75, 3.05) is 11.1 Å². The zero-order chi connectivity index (χ0) is 19.2. The Bertz CT molecular complexity index is 909. The molecule has 2 aromatic heterocycles. The molecule has 0 aliphatic heterocycles. The van der Waals surface area contributed by atoms with Gasteiger partial charge in [-0.05, 0) is 32.0 Å². The number of hydrogen-bond acceptors (Lipinski definition) is 7. The highest BCUT2D eigenvalue weighted by Gasteiger charge is 2.13. The number of carbonyl (C=O) groups is 1. The average molecular weight is 401 g/mol. The lowest BCUT2D eigenvalue weighted by molar-refractivity contribution is -0.113. The zero-order valence-electron chi connectivity index (χ0n) is 15.3. The molecule has 9 heteroatoms. The highest BCUT2D eigenvalue weighted by molar-refractivity contribution is 7.99. The van der Waals surface area contributed by atoms with Crippen molar-refractivity contribution < 1.29 is 4.79 Å². The molecule has 0 atom stereocenters. The molecule has 1 N–H and O–H groups in total. The van der Waals surface area contributed by atoms with E-state index in [1.807, 2.05) is 61.9 Å². The van der Waals surface area contributed by atoms with E-state index in [-0.39, 0.29) is 11.7 Å². The summed E-state index contributed by atoms with van der Waals surface area (Å²) in [7, 11) is 1.90. The van der Waals surface area contributed by atoms with Gasteiger partial charge in [0.15, 0.2) is 10.3 Å². The van der Waals surface area contributed by atoms with Gasteiger partial charge in [-0.2, -0.15) is 0 Å². The van der Waals surface area contributed by atoms with E-state index in [0.29, 0.717) is 10.9 Å². The largest absolute Gasteiger partial charge is 0.325 e. The van der Waals surface area contributed by atoms with Gasteiger partial charge in [-0.3, -0.25) is 4.79 Å². The van der Waals surface area contributed by atoms with Crippen molar-refractivity contribution in [1.82, 2.24) is 24.7 Å². The van der Waals surface area contributed by atoms with Crippen LogP contribution in [0.25, 0.3) is 0 Å². The van der Waals surface area contributed by atoms with Crippen LogP contribution in [0, 0.1) is 13.8 Å². The van der Waals surface area contributed by atoms with Crippen molar-refractivity contribution in [3.05, 3.63) is 53.6 Å². The molecular weight excluding hydrogens is 380 g/mol. The van der Waals surface area contributed by atoms with Crippen molar-refractivity contribution in [1.29, 1.82) is 0 Å². The SMILES string of the molecule is Cc1cc(C)nc(SCc2nnc(SCC(=O)Nc3ccccc3)n2C)n1. The van der Waals surface area contributed by atoms with Crippen LogP contribution in [0.2, 0.25) is 0 Å². The summed E-state index contributed by atoms with van der Waals surface area (Å²) in [6.45, 7) is 3.91. The molecule has 2 heterocycles. The second-order valence-corrected chi connectivity index (χ2v) is 7.77. The zero-order valence-corrected chi connectivity index (χ0v) is 17.0. The summed E-state index contributed by atoms with van der Waals surface area (Å²) in [5, 5.41) is 12.7. The second kappa shape index (κ2) is 9.01. The normalized spacial score (nSPS) is 10.8. The number of nitrogens with zero attached hydrogens (tertiary/aromatic N) is 5. The highest BCUT2D eigenvalue weighted by Crippen LogP contribution is 2.22. The summed E-state index contributed by atoms with van der Waals surface area (Å²) in [4.78, 5) is 20.9. The monoisotopic (exact) mass is 400 g/mol. The molecule has 0 saturated carbocycles. The van der Waals surface area contributed by atoms with Gasteiger partial charge in [0.2, 0.25) is 5.91 Å². The summed E-state index contributed by atoms with van der Waals surface area (Å²) in [6, 6.07) is 11.3. The van der Waals surface area contributed by atoms with Crippen molar-refractivity contribution >= 4 is 35.1 Å². The van der Waals surface area contributed by atoms with Crippen LogP contribution in [0.3, 0.4) is 0 Å². The van der Waals surface area contributed by atoms with Crippen LogP contribution in [0.5, 0.6) is 0 Å². The maximum Gasteiger partial charge on any atom is 0.234 e. The molecule has 0 aliphatic rings. The smallest absolute Gasteiger partial charge is 0.234 e. The first-order valence-corrected chi connectivity index (χ1v) is 10.3. The molecular formula is C18H20N6OS2. The van der Waals surface area contributed by atoms with E-state index in [2.05, 4.69) is 25.5 Å². The lowest BCUT2D eigenvalue weighted by Crippen LogP contribution is -2.14. The number of benzene rings is 1. The second-order valence-electron chi connectivity index (χ2n) is 5.88. The van der Waals surface area contributed by atoms with Gasteiger partial charge in [0, 0.05) is 24.1 Å². The van der Waals surface area contributed by atoms with Gasteiger partial charge in [-0.15, -0.1) is 10.2 Å². The Labute approximate surface area is 166 Å². The molecule has 0 unspecified atom stereocenters. The third-order valence-electron chi connectivity index (χ3n) is 3.61. The highest BCUT2D eigenvalue weighted by atomic mass is 32.2. The molecule has 0 aliphatic carbocycles. The molecule has 3 rings (SSSR count). The van der Waals surface area contributed by atoms with Gasteiger partial charge < -0.3 is 9.88 Å². The predicted molar refractivity (Wildman–Crippen MR) is 108 cm³/mol. The van der Waals surface area contributed by atoms with Crippen molar-refractivity contribution in [3.8, 4) is 0 Å².